The minimum absolute atomic E-state index is 0.632. The summed E-state index contributed by atoms with van der Waals surface area (Å²) in [6.45, 7) is 3.52. The fourth-order valence-corrected chi connectivity index (χ4v) is 3.74. The highest BCUT2D eigenvalue weighted by molar-refractivity contribution is 5.67. The number of anilines is 3. The fourth-order valence-electron chi connectivity index (χ4n) is 3.74. The smallest absolute Gasteiger partial charge is 0.161 e. The van der Waals surface area contributed by atoms with Gasteiger partial charge in [0.2, 0.25) is 0 Å². The van der Waals surface area contributed by atoms with E-state index in [1.54, 1.807) is 14.2 Å². The third-order valence-electron chi connectivity index (χ3n) is 5.13. The molecule has 0 unspecified atom stereocenters. The number of benzene rings is 2. The van der Waals surface area contributed by atoms with E-state index in [1.165, 1.54) is 11.3 Å². The third kappa shape index (κ3) is 4.11. The summed E-state index contributed by atoms with van der Waals surface area (Å²) in [5.74, 6) is 3.93. The fraction of sp³-hybridized carbons (Fsp3) is 0.304. The minimum Gasteiger partial charge on any atom is -0.493 e. The maximum absolute atomic E-state index is 5.39. The molecule has 0 fully saturated rings. The van der Waals surface area contributed by atoms with Crippen molar-refractivity contribution in [2.75, 3.05) is 31.0 Å². The molecule has 6 nitrogen and oxygen atoms in total. The lowest BCUT2D eigenvalue weighted by atomic mass is 10.0. The molecule has 3 aromatic rings. The molecular weight excluding hydrogens is 364 g/mol. The molecule has 6 heteroatoms. The highest BCUT2D eigenvalue weighted by atomic mass is 16.5. The van der Waals surface area contributed by atoms with Gasteiger partial charge in [-0.25, -0.2) is 9.97 Å². The lowest BCUT2D eigenvalue weighted by Gasteiger charge is -2.30. The summed E-state index contributed by atoms with van der Waals surface area (Å²) in [5, 5.41) is 3.42. The van der Waals surface area contributed by atoms with E-state index in [9.17, 15) is 0 Å². The van der Waals surface area contributed by atoms with Gasteiger partial charge < -0.3 is 19.7 Å². The van der Waals surface area contributed by atoms with Crippen LogP contribution in [0, 0.1) is 6.92 Å². The van der Waals surface area contributed by atoms with Crippen molar-refractivity contribution in [2.45, 2.75) is 26.3 Å². The van der Waals surface area contributed by atoms with E-state index >= 15 is 0 Å². The Hall–Kier alpha value is -3.28. The molecule has 150 valence electrons. The molecule has 1 aliphatic heterocycles. The number of aryl methyl sites for hydroxylation is 2. The van der Waals surface area contributed by atoms with Crippen LogP contribution in [0.15, 0.2) is 48.5 Å². The number of aromatic nitrogens is 2. The first kappa shape index (κ1) is 19.1. The van der Waals surface area contributed by atoms with Gasteiger partial charge in [-0.2, -0.15) is 0 Å². The first-order chi connectivity index (χ1) is 14.2. The van der Waals surface area contributed by atoms with Crippen molar-refractivity contribution in [3.63, 3.8) is 0 Å². The van der Waals surface area contributed by atoms with Crippen molar-refractivity contribution in [2.24, 2.45) is 0 Å². The van der Waals surface area contributed by atoms with Gasteiger partial charge in [0.15, 0.2) is 11.5 Å². The third-order valence-corrected chi connectivity index (χ3v) is 5.13. The highest BCUT2D eigenvalue weighted by Gasteiger charge is 2.19. The summed E-state index contributed by atoms with van der Waals surface area (Å²) >= 11 is 0. The zero-order valence-electron chi connectivity index (χ0n) is 17.1. The molecule has 0 saturated carbocycles. The maximum atomic E-state index is 5.39. The summed E-state index contributed by atoms with van der Waals surface area (Å²) in [6, 6.07) is 16.5. The van der Waals surface area contributed by atoms with Gasteiger partial charge >= 0.3 is 0 Å². The van der Waals surface area contributed by atoms with Gasteiger partial charge in [0.25, 0.3) is 0 Å². The van der Waals surface area contributed by atoms with Crippen molar-refractivity contribution < 1.29 is 9.47 Å². The largest absolute Gasteiger partial charge is 0.493 e. The summed E-state index contributed by atoms with van der Waals surface area (Å²) in [4.78, 5) is 11.6. The first-order valence-electron chi connectivity index (χ1n) is 9.84. The molecule has 1 aromatic heterocycles. The average Bonchev–Trinajstić information content (AvgIpc) is 2.76. The van der Waals surface area contributed by atoms with Gasteiger partial charge in [0, 0.05) is 24.8 Å². The minimum atomic E-state index is 0.632. The quantitative estimate of drug-likeness (QED) is 0.669. The number of nitrogens with zero attached hydrogens (tertiary/aromatic N) is 3. The van der Waals surface area contributed by atoms with Crippen LogP contribution in [0.3, 0.4) is 0 Å². The number of hydrogen-bond donors (Lipinski definition) is 1. The summed E-state index contributed by atoms with van der Waals surface area (Å²) < 4.78 is 10.7. The predicted octanol–water partition coefficient (Wildman–Crippen LogP) is 4.50. The van der Waals surface area contributed by atoms with Crippen molar-refractivity contribution in [3.8, 4) is 11.5 Å². The van der Waals surface area contributed by atoms with Crippen molar-refractivity contribution in [1.29, 1.82) is 0 Å². The molecular formula is C23H26N4O2. The number of methoxy groups -OCH3 is 2. The second-order valence-electron chi connectivity index (χ2n) is 7.09. The van der Waals surface area contributed by atoms with Gasteiger partial charge in [-0.05, 0) is 49.1 Å². The van der Waals surface area contributed by atoms with E-state index < -0.39 is 0 Å². The van der Waals surface area contributed by atoms with Crippen molar-refractivity contribution >= 4 is 17.3 Å². The zero-order valence-corrected chi connectivity index (χ0v) is 17.1. The molecule has 0 amide bonds. The Bertz CT molecular complexity index is 1010. The van der Waals surface area contributed by atoms with E-state index in [-0.39, 0.29) is 0 Å². The maximum Gasteiger partial charge on any atom is 0.161 e. The monoisotopic (exact) mass is 390 g/mol. The van der Waals surface area contributed by atoms with Crippen LogP contribution in [0.1, 0.15) is 23.4 Å². The van der Waals surface area contributed by atoms with Crippen LogP contribution in [0.5, 0.6) is 11.5 Å². The topological polar surface area (TPSA) is 59.5 Å². The molecule has 0 radical (unpaired) electrons. The van der Waals surface area contributed by atoms with Crippen molar-refractivity contribution in [1.82, 2.24) is 9.97 Å². The number of para-hydroxylation sites is 1. The highest BCUT2D eigenvalue weighted by Crippen LogP contribution is 2.33. The lowest BCUT2D eigenvalue weighted by molar-refractivity contribution is 0.354. The lowest BCUT2D eigenvalue weighted by Crippen LogP contribution is -2.25. The summed E-state index contributed by atoms with van der Waals surface area (Å²) in [7, 11) is 3.28. The van der Waals surface area contributed by atoms with Gasteiger partial charge in [-0.15, -0.1) is 0 Å². The standard InChI is InChI=1S/C23H26N4O2/c1-16-25-22(24-15-17-10-11-20(28-2)21(13-17)29-3)14-23(26-16)27-12-6-8-18-7-4-5-9-19(18)27/h4-5,7,9-11,13-14H,6,8,12,15H2,1-3H3,(H,24,25,26). The Morgan fingerprint density at radius 3 is 2.66 bits per heavy atom. The Kier molecular flexibility index (Phi) is 5.51. The number of ether oxygens (including phenoxy) is 2. The van der Waals surface area contributed by atoms with Crippen LogP contribution in [-0.4, -0.2) is 30.7 Å². The van der Waals surface area contributed by atoms with E-state index in [4.69, 9.17) is 14.5 Å². The molecule has 1 N–H and O–H groups in total. The van der Waals surface area contributed by atoms with E-state index in [0.717, 1.165) is 53.9 Å². The SMILES string of the molecule is COc1ccc(CNc2cc(N3CCCc4ccccc43)nc(C)n2)cc1OC. The predicted molar refractivity (Wildman–Crippen MR) is 115 cm³/mol. The molecule has 0 saturated heterocycles. The van der Waals surface area contributed by atoms with E-state index in [2.05, 4.69) is 39.5 Å². The van der Waals surface area contributed by atoms with Crippen LogP contribution < -0.4 is 19.7 Å². The second-order valence-corrected chi connectivity index (χ2v) is 7.09. The number of nitrogens with one attached hydrogen (secondary N) is 1. The zero-order chi connectivity index (χ0) is 20.2. The Morgan fingerprint density at radius 2 is 1.83 bits per heavy atom. The summed E-state index contributed by atoms with van der Waals surface area (Å²) in [6.07, 6.45) is 2.23. The Balaban J connectivity index is 1.56. The molecule has 2 heterocycles. The molecule has 0 spiro atoms. The van der Waals surface area contributed by atoms with Gasteiger partial charge in [0.1, 0.15) is 17.5 Å². The second kappa shape index (κ2) is 8.39. The molecule has 2 aromatic carbocycles. The Labute approximate surface area is 171 Å². The number of rotatable bonds is 6. The van der Waals surface area contributed by atoms with E-state index in [0.29, 0.717) is 6.54 Å². The van der Waals surface area contributed by atoms with Gasteiger partial charge in [0.05, 0.1) is 14.2 Å². The molecule has 4 rings (SSSR count). The van der Waals surface area contributed by atoms with Gasteiger partial charge in [-0.3, -0.25) is 0 Å². The summed E-state index contributed by atoms with van der Waals surface area (Å²) in [5.41, 5.74) is 3.70. The van der Waals surface area contributed by atoms with Gasteiger partial charge in [-0.1, -0.05) is 24.3 Å². The van der Waals surface area contributed by atoms with Crippen LogP contribution in [-0.2, 0) is 13.0 Å². The van der Waals surface area contributed by atoms with Crippen LogP contribution in [0.25, 0.3) is 0 Å². The molecule has 0 aliphatic carbocycles. The molecule has 0 atom stereocenters. The number of fused-ring (bicyclic) bond motifs is 1. The average molecular weight is 390 g/mol. The Morgan fingerprint density at radius 1 is 1.00 bits per heavy atom. The molecule has 29 heavy (non-hydrogen) atoms. The first-order valence-corrected chi connectivity index (χ1v) is 9.84. The van der Waals surface area contributed by atoms with Crippen molar-refractivity contribution in [3.05, 3.63) is 65.5 Å². The molecule has 1 aliphatic rings. The van der Waals surface area contributed by atoms with Crippen LogP contribution >= 0.6 is 0 Å². The van der Waals surface area contributed by atoms with E-state index in [1.807, 2.05) is 31.2 Å². The number of hydrogen-bond acceptors (Lipinski definition) is 6. The normalized spacial score (nSPS) is 13.0. The van der Waals surface area contributed by atoms with Crippen LogP contribution in [0.4, 0.5) is 17.3 Å². The molecule has 0 bridgehead atoms. The van der Waals surface area contributed by atoms with Crippen LogP contribution in [0.2, 0.25) is 0 Å².